The molecule has 1 aliphatic rings. The Hall–Kier alpha value is -1.55. The summed E-state index contributed by atoms with van der Waals surface area (Å²) < 4.78 is 0. The van der Waals surface area contributed by atoms with Crippen LogP contribution in [-0.4, -0.2) is 40.5 Å². The standard InChI is InChI=1S/C16H24N4/c1-3-8-20-9-6-13(7-10-20)19-14-4-5-15-16(11-14)18-12(2)17-15/h4-5,11,13,19H,3,6-10H2,1-2H3,(H,17,18). The Kier molecular flexibility index (Phi) is 3.92. The van der Waals surface area contributed by atoms with Crippen molar-refractivity contribution in [2.75, 3.05) is 25.0 Å². The van der Waals surface area contributed by atoms with Crippen molar-refractivity contribution in [1.82, 2.24) is 14.9 Å². The number of H-pyrrole nitrogens is 1. The molecule has 0 aliphatic carbocycles. The molecule has 108 valence electrons. The summed E-state index contributed by atoms with van der Waals surface area (Å²) in [6.45, 7) is 7.93. The number of imidazole rings is 1. The van der Waals surface area contributed by atoms with Crippen LogP contribution < -0.4 is 5.32 Å². The van der Waals surface area contributed by atoms with Crippen LogP contribution in [0.1, 0.15) is 32.0 Å². The predicted octanol–water partition coefficient (Wildman–Crippen LogP) is 3.16. The minimum absolute atomic E-state index is 0.601. The van der Waals surface area contributed by atoms with Crippen molar-refractivity contribution in [1.29, 1.82) is 0 Å². The van der Waals surface area contributed by atoms with Crippen LogP contribution in [0.25, 0.3) is 11.0 Å². The molecule has 4 nitrogen and oxygen atoms in total. The molecule has 1 fully saturated rings. The van der Waals surface area contributed by atoms with Crippen molar-refractivity contribution in [2.24, 2.45) is 0 Å². The Balaban J connectivity index is 1.62. The first kappa shape index (κ1) is 13.4. The third-order valence-corrected chi connectivity index (χ3v) is 4.10. The minimum atomic E-state index is 0.601. The fourth-order valence-electron chi connectivity index (χ4n) is 3.08. The lowest BCUT2D eigenvalue weighted by Crippen LogP contribution is -2.39. The summed E-state index contributed by atoms with van der Waals surface area (Å²) in [5.41, 5.74) is 3.37. The lowest BCUT2D eigenvalue weighted by molar-refractivity contribution is 0.219. The first-order chi connectivity index (χ1) is 9.74. The van der Waals surface area contributed by atoms with Gasteiger partial charge >= 0.3 is 0 Å². The monoisotopic (exact) mass is 272 g/mol. The van der Waals surface area contributed by atoms with Crippen LogP contribution in [0, 0.1) is 6.92 Å². The predicted molar refractivity (Wildman–Crippen MR) is 84.2 cm³/mol. The Morgan fingerprint density at radius 3 is 2.90 bits per heavy atom. The zero-order valence-electron chi connectivity index (χ0n) is 12.4. The average molecular weight is 272 g/mol. The molecule has 1 saturated heterocycles. The number of aromatic nitrogens is 2. The van der Waals surface area contributed by atoms with E-state index in [1.165, 1.54) is 44.6 Å². The lowest BCUT2D eigenvalue weighted by atomic mass is 10.0. The number of piperidine rings is 1. The molecule has 3 rings (SSSR count). The van der Waals surface area contributed by atoms with E-state index < -0.39 is 0 Å². The molecule has 0 radical (unpaired) electrons. The summed E-state index contributed by atoms with van der Waals surface area (Å²) in [5.74, 6) is 0.977. The van der Waals surface area contributed by atoms with E-state index in [0.29, 0.717) is 6.04 Å². The highest BCUT2D eigenvalue weighted by molar-refractivity contribution is 5.79. The molecule has 0 spiro atoms. The number of aryl methyl sites for hydroxylation is 1. The number of aromatic amines is 1. The van der Waals surface area contributed by atoms with E-state index in [9.17, 15) is 0 Å². The molecule has 0 saturated carbocycles. The summed E-state index contributed by atoms with van der Waals surface area (Å²) >= 11 is 0. The molecule has 2 heterocycles. The van der Waals surface area contributed by atoms with Gasteiger partial charge in [-0.25, -0.2) is 4.98 Å². The van der Waals surface area contributed by atoms with Crippen molar-refractivity contribution in [3.63, 3.8) is 0 Å². The number of nitrogens with one attached hydrogen (secondary N) is 2. The van der Waals surface area contributed by atoms with Crippen LogP contribution in [0.3, 0.4) is 0 Å². The van der Waals surface area contributed by atoms with Gasteiger partial charge in [0.05, 0.1) is 11.0 Å². The SMILES string of the molecule is CCCN1CCC(Nc2ccc3nc(C)[nH]c3c2)CC1. The maximum atomic E-state index is 4.44. The van der Waals surface area contributed by atoms with Gasteiger partial charge in [0, 0.05) is 24.8 Å². The van der Waals surface area contributed by atoms with Crippen LogP contribution >= 0.6 is 0 Å². The average Bonchev–Trinajstić information content (AvgIpc) is 2.81. The van der Waals surface area contributed by atoms with Gasteiger partial charge in [-0.2, -0.15) is 0 Å². The Morgan fingerprint density at radius 1 is 1.35 bits per heavy atom. The number of nitrogens with zero attached hydrogens (tertiary/aromatic N) is 2. The van der Waals surface area contributed by atoms with Gasteiger partial charge in [-0.1, -0.05) is 6.92 Å². The number of rotatable bonds is 4. The van der Waals surface area contributed by atoms with Crippen molar-refractivity contribution in [3.05, 3.63) is 24.0 Å². The van der Waals surface area contributed by atoms with E-state index in [2.05, 4.69) is 45.3 Å². The first-order valence-electron chi connectivity index (χ1n) is 7.70. The van der Waals surface area contributed by atoms with Crippen molar-refractivity contribution in [2.45, 2.75) is 39.2 Å². The molecular formula is C16H24N4. The molecule has 2 aromatic rings. The normalized spacial score (nSPS) is 17.7. The summed E-state index contributed by atoms with van der Waals surface area (Å²) in [5, 5.41) is 3.67. The lowest BCUT2D eigenvalue weighted by Gasteiger charge is -2.32. The van der Waals surface area contributed by atoms with Crippen LogP contribution in [0.15, 0.2) is 18.2 Å². The van der Waals surface area contributed by atoms with Gasteiger partial charge in [-0.3, -0.25) is 0 Å². The number of anilines is 1. The van der Waals surface area contributed by atoms with Gasteiger partial charge in [0.15, 0.2) is 0 Å². The smallest absolute Gasteiger partial charge is 0.104 e. The number of hydrogen-bond acceptors (Lipinski definition) is 3. The molecule has 0 bridgehead atoms. The van der Waals surface area contributed by atoms with Crippen molar-refractivity contribution < 1.29 is 0 Å². The van der Waals surface area contributed by atoms with E-state index >= 15 is 0 Å². The van der Waals surface area contributed by atoms with Gasteiger partial charge in [-0.15, -0.1) is 0 Å². The molecule has 0 atom stereocenters. The fraction of sp³-hybridized carbons (Fsp3) is 0.562. The highest BCUT2D eigenvalue weighted by Crippen LogP contribution is 2.20. The highest BCUT2D eigenvalue weighted by Gasteiger charge is 2.18. The highest BCUT2D eigenvalue weighted by atomic mass is 15.1. The van der Waals surface area contributed by atoms with Crippen molar-refractivity contribution >= 4 is 16.7 Å². The number of benzene rings is 1. The summed E-state index contributed by atoms with van der Waals surface area (Å²) in [6.07, 6.45) is 3.73. The largest absolute Gasteiger partial charge is 0.382 e. The Labute approximate surface area is 120 Å². The molecule has 4 heteroatoms. The second-order valence-electron chi connectivity index (χ2n) is 5.81. The van der Waals surface area contributed by atoms with E-state index in [1.54, 1.807) is 0 Å². The molecule has 1 aromatic heterocycles. The summed E-state index contributed by atoms with van der Waals surface area (Å²) in [6, 6.07) is 7.01. The molecule has 20 heavy (non-hydrogen) atoms. The van der Waals surface area contributed by atoms with Crippen LogP contribution in [0.2, 0.25) is 0 Å². The summed E-state index contributed by atoms with van der Waals surface area (Å²) in [4.78, 5) is 10.3. The molecule has 1 aliphatic heterocycles. The second-order valence-corrected chi connectivity index (χ2v) is 5.81. The van der Waals surface area contributed by atoms with Gasteiger partial charge in [-0.05, 0) is 50.9 Å². The quantitative estimate of drug-likeness (QED) is 0.898. The van der Waals surface area contributed by atoms with Crippen LogP contribution in [0.5, 0.6) is 0 Å². The van der Waals surface area contributed by atoms with Crippen LogP contribution in [-0.2, 0) is 0 Å². The van der Waals surface area contributed by atoms with Gasteiger partial charge in [0.25, 0.3) is 0 Å². The molecule has 0 unspecified atom stereocenters. The second kappa shape index (κ2) is 5.83. The van der Waals surface area contributed by atoms with Gasteiger partial charge in [0.1, 0.15) is 5.82 Å². The molecule has 2 N–H and O–H groups in total. The van der Waals surface area contributed by atoms with Gasteiger partial charge < -0.3 is 15.2 Å². The fourth-order valence-corrected chi connectivity index (χ4v) is 3.08. The molecule has 0 amide bonds. The third-order valence-electron chi connectivity index (χ3n) is 4.10. The third kappa shape index (κ3) is 2.96. The minimum Gasteiger partial charge on any atom is -0.382 e. The van der Waals surface area contributed by atoms with Crippen LogP contribution in [0.4, 0.5) is 5.69 Å². The zero-order chi connectivity index (χ0) is 13.9. The zero-order valence-corrected chi connectivity index (χ0v) is 12.4. The molecular weight excluding hydrogens is 248 g/mol. The van der Waals surface area contributed by atoms with Crippen molar-refractivity contribution in [3.8, 4) is 0 Å². The number of hydrogen-bond donors (Lipinski definition) is 2. The van der Waals surface area contributed by atoms with E-state index in [4.69, 9.17) is 0 Å². The maximum Gasteiger partial charge on any atom is 0.104 e. The Morgan fingerprint density at radius 2 is 2.15 bits per heavy atom. The number of likely N-dealkylation sites (tertiary alicyclic amines) is 1. The van der Waals surface area contributed by atoms with E-state index in [0.717, 1.165) is 16.9 Å². The van der Waals surface area contributed by atoms with E-state index in [1.807, 2.05) is 6.92 Å². The topological polar surface area (TPSA) is 44.0 Å². The first-order valence-corrected chi connectivity index (χ1v) is 7.70. The maximum absolute atomic E-state index is 4.44. The van der Waals surface area contributed by atoms with Gasteiger partial charge in [0.2, 0.25) is 0 Å². The summed E-state index contributed by atoms with van der Waals surface area (Å²) in [7, 11) is 0. The molecule has 1 aromatic carbocycles. The van der Waals surface area contributed by atoms with E-state index in [-0.39, 0.29) is 0 Å². The number of fused-ring (bicyclic) bond motifs is 1. The Bertz CT molecular complexity index is 567.